The van der Waals surface area contributed by atoms with Gasteiger partial charge in [-0.2, -0.15) is 0 Å². The third kappa shape index (κ3) is 2.59. The lowest BCUT2D eigenvalue weighted by molar-refractivity contribution is 0.0998. The summed E-state index contributed by atoms with van der Waals surface area (Å²) in [6.45, 7) is 1.87. The molecule has 1 N–H and O–H groups in total. The molecule has 4 aromatic rings. The van der Waals surface area contributed by atoms with E-state index in [1.54, 1.807) is 19.4 Å². The zero-order valence-electron chi connectivity index (χ0n) is 13.9. The van der Waals surface area contributed by atoms with Gasteiger partial charge in [0.2, 0.25) is 0 Å². The number of carbonyl (C=O) groups excluding carboxylic acids is 1. The summed E-state index contributed by atoms with van der Waals surface area (Å²) in [4.78, 5) is 17.1. The Balaban J connectivity index is 1.73. The lowest BCUT2D eigenvalue weighted by Gasteiger charge is -2.07. The van der Waals surface area contributed by atoms with Crippen LogP contribution < -0.4 is 10.1 Å². The Morgan fingerprint density at radius 1 is 1.12 bits per heavy atom. The zero-order chi connectivity index (χ0) is 17.4. The van der Waals surface area contributed by atoms with E-state index < -0.39 is 0 Å². The number of hydrogen-bond donors (Lipinski definition) is 1. The minimum atomic E-state index is -0.288. The van der Waals surface area contributed by atoms with Crippen molar-refractivity contribution in [1.29, 1.82) is 0 Å². The first-order valence-electron chi connectivity index (χ1n) is 7.89. The van der Waals surface area contributed by atoms with Crippen molar-refractivity contribution < 1.29 is 13.9 Å². The maximum absolute atomic E-state index is 12.7. The molecule has 0 saturated heterocycles. The second-order valence-electron chi connectivity index (χ2n) is 5.75. The van der Waals surface area contributed by atoms with Crippen LogP contribution in [0.15, 0.2) is 59.1 Å². The van der Waals surface area contributed by atoms with E-state index in [-0.39, 0.29) is 5.91 Å². The number of ether oxygens (including phenoxy) is 1. The van der Waals surface area contributed by atoms with E-state index in [4.69, 9.17) is 9.15 Å². The van der Waals surface area contributed by atoms with E-state index in [9.17, 15) is 4.79 Å². The number of furan rings is 1. The maximum Gasteiger partial charge on any atom is 0.291 e. The van der Waals surface area contributed by atoms with E-state index in [1.807, 2.05) is 49.4 Å². The van der Waals surface area contributed by atoms with Crippen LogP contribution in [0.4, 0.5) is 5.69 Å². The van der Waals surface area contributed by atoms with Gasteiger partial charge in [0, 0.05) is 22.5 Å². The second kappa shape index (κ2) is 5.94. The molecule has 0 bridgehead atoms. The van der Waals surface area contributed by atoms with E-state index in [2.05, 4.69) is 10.3 Å². The largest absolute Gasteiger partial charge is 0.497 e. The Hall–Kier alpha value is -3.34. The van der Waals surface area contributed by atoms with Gasteiger partial charge in [-0.1, -0.05) is 6.07 Å². The van der Waals surface area contributed by atoms with Gasteiger partial charge < -0.3 is 14.5 Å². The predicted octanol–water partition coefficient (Wildman–Crippen LogP) is 4.55. The average Bonchev–Trinajstić information content (AvgIpc) is 2.98. The minimum absolute atomic E-state index is 0.288. The van der Waals surface area contributed by atoms with Crippen molar-refractivity contribution in [2.45, 2.75) is 6.92 Å². The summed E-state index contributed by atoms with van der Waals surface area (Å²) in [6, 6.07) is 14.9. The van der Waals surface area contributed by atoms with Crippen LogP contribution in [0, 0.1) is 6.92 Å². The van der Waals surface area contributed by atoms with Crippen molar-refractivity contribution in [1.82, 2.24) is 4.98 Å². The van der Waals surface area contributed by atoms with Gasteiger partial charge in [-0.25, -0.2) is 0 Å². The molecular formula is C20H16N2O3. The topological polar surface area (TPSA) is 64.4 Å². The molecule has 0 aliphatic carbocycles. The Labute approximate surface area is 144 Å². The first-order valence-corrected chi connectivity index (χ1v) is 7.89. The Kier molecular flexibility index (Phi) is 3.61. The number of benzene rings is 2. The van der Waals surface area contributed by atoms with E-state index in [1.165, 1.54) is 0 Å². The molecule has 5 nitrogen and oxygen atoms in total. The van der Waals surface area contributed by atoms with Gasteiger partial charge in [0.05, 0.1) is 18.3 Å². The highest BCUT2D eigenvalue weighted by Gasteiger charge is 2.19. The fourth-order valence-electron chi connectivity index (χ4n) is 2.94. The summed E-state index contributed by atoms with van der Waals surface area (Å²) in [7, 11) is 1.61. The third-order valence-corrected chi connectivity index (χ3v) is 4.24. The van der Waals surface area contributed by atoms with Crippen LogP contribution in [0.1, 0.15) is 16.1 Å². The molecule has 1 amide bonds. The number of nitrogens with one attached hydrogen (secondary N) is 1. The Bertz CT molecular complexity index is 1090. The number of amides is 1. The van der Waals surface area contributed by atoms with Crippen LogP contribution in [0.2, 0.25) is 0 Å². The molecule has 0 atom stereocenters. The highest BCUT2D eigenvalue weighted by atomic mass is 16.5. The number of anilines is 1. The van der Waals surface area contributed by atoms with Gasteiger partial charge in [0.25, 0.3) is 5.91 Å². The van der Waals surface area contributed by atoms with E-state index >= 15 is 0 Å². The first-order chi connectivity index (χ1) is 12.2. The summed E-state index contributed by atoms with van der Waals surface area (Å²) in [5.74, 6) is 0.733. The Morgan fingerprint density at radius 3 is 2.84 bits per heavy atom. The Morgan fingerprint density at radius 2 is 2.00 bits per heavy atom. The molecule has 0 fully saturated rings. The molecule has 0 aliphatic heterocycles. The van der Waals surface area contributed by atoms with Gasteiger partial charge in [-0.15, -0.1) is 0 Å². The van der Waals surface area contributed by atoms with Gasteiger partial charge in [-0.3, -0.25) is 9.78 Å². The number of carbonyl (C=O) groups is 1. The van der Waals surface area contributed by atoms with E-state index in [0.717, 1.165) is 27.6 Å². The zero-order valence-corrected chi connectivity index (χ0v) is 13.9. The molecule has 2 heterocycles. The number of nitrogens with zero attached hydrogens (tertiary/aromatic N) is 1. The van der Waals surface area contributed by atoms with Gasteiger partial charge in [0.15, 0.2) is 5.76 Å². The highest BCUT2D eigenvalue weighted by Crippen LogP contribution is 2.30. The minimum Gasteiger partial charge on any atom is -0.497 e. The quantitative estimate of drug-likeness (QED) is 0.598. The van der Waals surface area contributed by atoms with Gasteiger partial charge in [0.1, 0.15) is 11.3 Å². The summed E-state index contributed by atoms with van der Waals surface area (Å²) >= 11 is 0. The van der Waals surface area contributed by atoms with Crippen molar-refractivity contribution in [3.8, 4) is 5.75 Å². The van der Waals surface area contributed by atoms with Crippen LogP contribution in [-0.2, 0) is 0 Å². The summed E-state index contributed by atoms with van der Waals surface area (Å²) < 4.78 is 11.0. The van der Waals surface area contributed by atoms with Crippen LogP contribution >= 0.6 is 0 Å². The molecular weight excluding hydrogens is 316 g/mol. The first kappa shape index (κ1) is 15.2. The normalized spacial score (nSPS) is 11.0. The predicted molar refractivity (Wildman–Crippen MR) is 97.2 cm³/mol. The average molecular weight is 332 g/mol. The fourth-order valence-corrected chi connectivity index (χ4v) is 2.94. The summed E-state index contributed by atoms with van der Waals surface area (Å²) in [5.41, 5.74) is 2.96. The number of hydrogen-bond acceptors (Lipinski definition) is 4. The summed E-state index contributed by atoms with van der Waals surface area (Å²) in [5, 5.41) is 4.68. The SMILES string of the molecule is COc1ccc2oc(C(=O)Nc3cccc4ncccc34)c(C)c2c1. The molecule has 25 heavy (non-hydrogen) atoms. The molecule has 5 heteroatoms. The summed E-state index contributed by atoms with van der Waals surface area (Å²) in [6.07, 6.45) is 1.73. The van der Waals surface area contributed by atoms with Gasteiger partial charge in [-0.05, 0) is 49.4 Å². The number of aryl methyl sites for hydroxylation is 1. The van der Waals surface area contributed by atoms with Crippen LogP contribution in [-0.4, -0.2) is 18.0 Å². The molecule has 2 aromatic heterocycles. The number of rotatable bonds is 3. The number of aromatic nitrogens is 1. The monoisotopic (exact) mass is 332 g/mol. The molecule has 0 aliphatic rings. The second-order valence-corrected chi connectivity index (χ2v) is 5.75. The fraction of sp³-hybridized carbons (Fsp3) is 0.100. The molecule has 124 valence electrons. The highest BCUT2D eigenvalue weighted by molar-refractivity contribution is 6.10. The molecule has 2 aromatic carbocycles. The van der Waals surface area contributed by atoms with Crippen LogP contribution in [0.5, 0.6) is 5.75 Å². The number of fused-ring (bicyclic) bond motifs is 2. The molecule has 4 rings (SSSR count). The van der Waals surface area contributed by atoms with Crippen molar-refractivity contribution >= 4 is 33.5 Å². The van der Waals surface area contributed by atoms with Crippen LogP contribution in [0.25, 0.3) is 21.9 Å². The molecule has 0 spiro atoms. The molecule has 0 saturated carbocycles. The third-order valence-electron chi connectivity index (χ3n) is 4.24. The van der Waals surface area contributed by atoms with E-state index in [0.29, 0.717) is 17.0 Å². The number of pyridine rings is 1. The lowest BCUT2D eigenvalue weighted by atomic mass is 10.1. The molecule has 0 radical (unpaired) electrons. The smallest absolute Gasteiger partial charge is 0.291 e. The maximum atomic E-state index is 12.7. The van der Waals surface area contributed by atoms with Crippen molar-refractivity contribution in [2.75, 3.05) is 12.4 Å². The lowest BCUT2D eigenvalue weighted by Crippen LogP contribution is -2.12. The number of methoxy groups -OCH3 is 1. The standard InChI is InChI=1S/C20H16N2O3/c1-12-15-11-13(24-2)8-9-18(15)25-19(12)20(23)22-17-7-3-6-16-14(17)5-4-10-21-16/h3-11H,1-2H3,(H,22,23). The van der Waals surface area contributed by atoms with Crippen molar-refractivity contribution in [3.05, 3.63) is 66.1 Å². The molecule has 0 unspecified atom stereocenters. The van der Waals surface area contributed by atoms with Gasteiger partial charge >= 0.3 is 0 Å². The van der Waals surface area contributed by atoms with Crippen LogP contribution in [0.3, 0.4) is 0 Å². The van der Waals surface area contributed by atoms with Crippen molar-refractivity contribution in [2.24, 2.45) is 0 Å². The van der Waals surface area contributed by atoms with Crippen molar-refractivity contribution in [3.63, 3.8) is 0 Å².